The van der Waals surface area contributed by atoms with Crippen LogP contribution in [0.4, 0.5) is 26.7 Å². The number of aryl methyl sites for hydroxylation is 2. The number of carbonyl (C=O) groups is 3. The number of aromatic nitrogens is 2. The molecule has 0 atom stereocenters. The number of rotatable bonds is 10. The molecule has 63 heavy (non-hydrogen) atoms. The first-order chi connectivity index (χ1) is 30.5. The molecule has 0 saturated heterocycles. The van der Waals surface area contributed by atoms with Gasteiger partial charge in [-0.25, -0.2) is 14.4 Å². The highest BCUT2D eigenvalue weighted by atomic mass is 16.6. The topological polar surface area (TPSA) is 252 Å². The highest BCUT2D eigenvalue weighted by Crippen LogP contribution is 2.13. The van der Waals surface area contributed by atoms with Crippen LogP contribution in [0.1, 0.15) is 53.6 Å². The number of esters is 1. The molecule has 0 aliphatic rings. The Kier molecular flexibility index (Phi) is 28.1. The third kappa shape index (κ3) is 25.1. The molecule has 0 bridgehead atoms. The van der Waals surface area contributed by atoms with Crippen molar-refractivity contribution in [1.29, 1.82) is 0 Å². The number of ether oxygens (including phenoxy) is 2. The molecule has 4 aromatic carbocycles. The molecule has 0 unspecified atom stereocenters. The number of para-hydroxylation sites is 1. The fourth-order valence-corrected chi connectivity index (χ4v) is 4.59. The number of hydrogen-bond donors (Lipinski definition) is 5. The van der Waals surface area contributed by atoms with E-state index in [1.54, 1.807) is 55.7 Å². The van der Waals surface area contributed by atoms with Crippen LogP contribution in [0.3, 0.4) is 0 Å². The summed E-state index contributed by atoms with van der Waals surface area (Å²) in [6, 6.07) is 42.0. The Morgan fingerprint density at radius 3 is 1.54 bits per heavy atom. The van der Waals surface area contributed by atoms with Crippen molar-refractivity contribution >= 4 is 47.5 Å². The van der Waals surface area contributed by atoms with Gasteiger partial charge in [-0.05, 0) is 116 Å². The summed E-state index contributed by atoms with van der Waals surface area (Å²) < 4.78 is 10.0. The third-order valence-electron chi connectivity index (χ3n) is 7.70. The number of nitrogen functional groups attached to an aromatic ring is 1. The van der Waals surface area contributed by atoms with Gasteiger partial charge in [0.05, 0.1) is 30.1 Å². The second-order valence-electron chi connectivity index (χ2n) is 12.1. The molecular weight excluding hydrogens is 807 g/mol. The molecule has 6 rings (SSSR count). The van der Waals surface area contributed by atoms with Crippen LogP contribution in [0.5, 0.6) is 5.75 Å². The number of urea groups is 1. The smallest absolute Gasteiger partial charge is 0.417 e. The Morgan fingerprint density at radius 2 is 1.08 bits per heavy atom. The molecule has 0 fully saturated rings. The van der Waals surface area contributed by atoms with Crippen LogP contribution in [0.2, 0.25) is 0 Å². The highest BCUT2D eigenvalue weighted by molar-refractivity contribution is 5.92. The molecule has 0 radical (unpaired) electrons. The number of pyridine rings is 2. The molecule has 16 nitrogen and oxygen atoms in total. The van der Waals surface area contributed by atoms with Crippen LogP contribution in [0.25, 0.3) is 0 Å². The molecule has 6 aromatic rings. The van der Waals surface area contributed by atoms with Crippen molar-refractivity contribution in [2.45, 2.75) is 46.7 Å². The van der Waals surface area contributed by atoms with Gasteiger partial charge >= 0.3 is 30.4 Å². The minimum Gasteiger partial charge on any atom is -0.462 e. The summed E-state index contributed by atoms with van der Waals surface area (Å²) in [4.78, 5) is 75.5. The van der Waals surface area contributed by atoms with Crippen LogP contribution >= 0.6 is 0 Å². The first kappa shape index (κ1) is 52.7. The molecule has 16 heteroatoms. The lowest BCUT2D eigenvalue weighted by Gasteiger charge is -2.08. The van der Waals surface area contributed by atoms with Gasteiger partial charge in [-0.2, -0.15) is 19.2 Å². The molecule has 7 N–H and O–H groups in total. The average Bonchev–Trinajstić information content (AvgIpc) is 3.31. The van der Waals surface area contributed by atoms with Gasteiger partial charge in [0.15, 0.2) is 0 Å². The SMILES string of the molecule is CCOC(=O)c1ccc(NC(=O)NCc2ccccn2)cc1.CCc1ccc(N)cc1.CCc1ccc(NC(=O)Oc2ccccc2)cc1.NCc1ccccn1.O=C=O.O=C=O. The van der Waals surface area contributed by atoms with E-state index in [4.69, 9.17) is 40.1 Å². The summed E-state index contributed by atoms with van der Waals surface area (Å²) in [5, 5.41) is 8.06. The molecular formula is C47H51N7O9. The maximum Gasteiger partial charge on any atom is 0.417 e. The van der Waals surface area contributed by atoms with E-state index in [2.05, 4.69) is 51.9 Å². The zero-order chi connectivity index (χ0) is 46.5. The van der Waals surface area contributed by atoms with Gasteiger partial charge in [0.1, 0.15) is 5.75 Å². The summed E-state index contributed by atoms with van der Waals surface area (Å²) in [6.45, 7) is 7.17. The first-order valence-electron chi connectivity index (χ1n) is 19.3. The van der Waals surface area contributed by atoms with E-state index in [-0.39, 0.29) is 24.3 Å². The maximum atomic E-state index is 11.8. The standard InChI is InChI=1S/C16H17N3O3.C15H15NO2.C8H11N.C6H8N2.2CO2/c1-2-22-15(20)12-6-8-13(9-7-12)19-16(21)18-11-14-5-3-4-10-17-14;1-2-12-8-10-13(11-9-12)16-15(17)18-14-6-4-3-5-7-14;1-2-7-3-5-8(9)6-4-7;7-5-6-3-1-2-4-8-6;2*2-1-3/h3-10H,2,11H2,1H3,(H2,18,19,21);3-11H,2H2,1H3,(H,16,17);3-6H,2,9H2,1H3;1-4H,5,7H2;;. The quantitative estimate of drug-likeness (QED) is 0.0657. The van der Waals surface area contributed by atoms with Gasteiger partial charge in [-0.3, -0.25) is 15.3 Å². The van der Waals surface area contributed by atoms with E-state index in [0.29, 0.717) is 36.7 Å². The lowest BCUT2D eigenvalue weighted by atomic mass is 10.1. The normalized spacial score (nSPS) is 9.02. The monoisotopic (exact) mass is 857 g/mol. The van der Waals surface area contributed by atoms with E-state index in [1.807, 2.05) is 91.0 Å². The van der Waals surface area contributed by atoms with Gasteiger partial charge in [-0.15, -0.1) is 0 Å². The second kappa shape index (κ2) is 33.5. The average molecular weight is 858 g/mol. The number of nitrogens with two attached hydrogens (primary N) is 2. The zero-order valence-corrected chi connectivity index (χ0v) is 35.2. The lowest BCUT2D eigenvalue weighted by molar-refractivity contribution is -0.193. The Bertz CT molecular complexity index is 2210. The van der Waals surface area contributed by atoms with Crippen molar-refractivity contribution < 1.29 is 43.0 Å². The van der Waals surface area contributed by atoms with Gasteiger partial charge in [-0.1, -0.05) is 68.4 Å². The number of carbonyl (C=O) groups excluding carboxylic acids is 7. The fourth-order valence-electron chi connectivity index (χ4n) is 4.59. The summed E-state index contributed by atoms with van der Waals surface area (Å²) >= 11 is 0. The Morgan fingerprint density at radius 1 is 0.603 bits per heavy atom. The predicted molar refractivity (Wildman–Crippen MR) is 237 cm³/mol. The van der Waals surface area contributed by atoms with Crippen molar-refractivity contribution in [2.75, 3.05) is 23.0 Å². The van der Waals surface area contributed by atoms with Crippen LogP contribution in [-0.2, 0) is 49.8 Å². The molecule has 0 saturated carbocycles. The van der Waals surface area contributed by atoms with Crippen LogP contribution in [0.15, 0.2) is 152 Å². The number of nitrogens with zero attached hydrogens (tertiary/aromatic N) is 2. The first-order valence-corrected chi connectivity index (χ1v) is 19.3. The summed E-state index contributed by atoms with van der Waals surface area (Å²) in [5.41, 5.74) is 17.7. The van der Waals surface area contributed by atoms with Crippen molar-refractivity contribution in [3.05, 3.63) is 180 Å². The number of anilines is 3. The van der Waals surface area contributed by atoms with E-state index in [0.717, 1.165) is 35.6 Å². The number of benzene rings is 4. The predicted octanol–water partition coefficient (Wildman–Crippen LogP) is 7.64. The largest absolute Gasteiger partial charge is 0.462 e. The molecule has 3 amide bonds. The third-order valence-corrected chi connectivity index (χ3v) is 7.70. The Hall–Kier alpha value is -8.29. The van der Waals surface area contributed by atoms with E-state index in [1.165, 1.54) is 11.1 Å². The van der Waals surface area contributed by atoms with Crippen molar-refractivity contribution in [1.82, 2.24) is 15.3 Å². The van der Waals surface area contributed by atoms with Crippen molar-refractivity contribution in [3.63, 3.8) is 0 Å². The van der Waals surface area contributed by atoms with Gasteiger partial charge in [0, 0.05) is 36.0 Å². The second-order valence-corrected chi connectivity index (χ2v) is 12.1. The van der Waals surface area contributed by atoms with Crippen LogP contribution in [-0.4, -0.2) is 47.0 Å². The molecule has 328 valence electrons. The summed E-state index contributed by atoms with van der Waals surface area (Å²) in [5.74, 6) is 0.147. The lowest BCUT2D eigenvalue weighted by Crippen LogP contribution is -2.28. The van der Waals surface area contributed by atoms with E-state index < -0.39 is 6.09 Å². The van der Waals surface area contributed by atoms with Gasteiger partial charge in [0.2, 0.25) is 0 Å². The van der Waals surface area contributed by atoms with E-state index >= 15 is 0 Å². The van der Waals surface area contributed by atoms with Gasteiger partial charge < -0.3 is 31.6 Å². The number of hydrogen-bond acceptors (Lipinski definition) is 13. The van der Waals surface area contributed by atoms with Gasteiger partial charge in [0.25, 0.3) is 0 Å². The van der Waals surface area contributed by atoms with Crippen LogP contribution in [0, 0.1) is 0 Å². The molecule has 0 spiro atoms. The number of amides is 3. The van der Waals surface area contributed by atoms with Crippen molar-refractivity contribution in [3.8, 4) is 5.75 Å². The Balaban J connectivity index is 0.000000429. The number of nitrogens with one attached hydrogen (secondary N) is 3. The maximum absolute atomic E-state index is 11.8. The summed E-state index contributed by atoms with van der Waals surface area (Å²) in [6.07, 6.45) is 5.49. The van der Waals surface area contributed by atoms with E-state index in [9.17, 15) is 14.4 Å². The van der Waals surface area contributed by atoms with Crippen molar-refractivity contribution in [2.24, 2.45) is 5.73 Å². The minimum atomic E-state index is -0.481. The summed E-state index contributed by atoms with van der Waals surface area (Å²) in [7, 11) is 0. The zero-order valence-electron chi connectivity index (χ0n) is 35.2. The molecule has 0 aliphatic carbocycles. The molecule has 2 heterocycles. The molecule has 0 aliphatic heterocycles. The fraction of sp³-hybridized carbons (Fsp3) is 0.170. The van der Waals surface area contributed by atoms with Crippen LogP contribution < -0.4 is 32.2 Å². The molecule has 2 aromatic heterocycles. The highest BCUT2D eigenvalue weighted by Gasteiger charge is 2.07. The minimum absolute atomic E-state index is 0.250. The Labute approximate surface area is 366 Å².